The number of hydrogen-bond acceptors (Lipinski definition) is 5. The maximum absolute atomic E-state index is 13.4. The number of rotatable bonds is 7. The lowest BCUT2D eigenvalue weighted by atomic mass is 10.1. The molecule has 9 heteroatoms. The summed E-state index contributed by atoms with van der Waals surface area (Å²) in [5.41, 5.74) is 1.29. The highest BCUT2D eigenvalue weighted by Crippen LogP contribution is 2.37. The van der Waals surface area contributed by atoms with E-state index in [1.54, 1.807) is 54.6 Å². The van der Waals surface area contributed by atoms with Gasteiger partial charge in [-0.1, -0.05) is 35.9 Å². The van der Waals surface area contributed by atoms with Gasteiger partial charge < -0.3 is 14.8 Å². The number of anilines is 1. The molecule has 1 atom stereocenters. The van der Waals surface area contributed by atoms with Crippen molar-refractivity contribution >= 4 is 33.2 Å². The zero-order chi connectivity index (χ0) is 23.4. The second-order valence-electron chi connectivity index (χ2n) is 7.52. The van der Waals surface area contributed by atoms with Gasteiger partial charge in [0.15, 0.2) is 6.10 Å². The number of hydrogen-bond donors (Lipinski definition) is 1. The van der Waals surface area contributed by atoms with Gasteiger partial charge in [-0.2, -0.15) is 0 Å². The molecule has 0 aliphatic carbocycles. The van der Waals surface area contributed by atoms with Gasteiger partial charge in [-0.15, -0.1) is 0 Å². The van der Waals surface area contributed by atoms with E-state index in [0.29, 0.717) is 22.2 Å². The smallest absolute Gasteiger partial charge is 0.264 e. The monoisotopic (exact) mass is 486 g/mol. The van der Waals surface area contributed by atoms with Crippen LogP contribution >= 0.6 is 11.6 Å². The highest BCUT2D eigenvalue weighted by molar-refractivity contribution is 7.92. The van der Waals surface area contributed by atoms with Crippen LogP contribution in [0, 0.1) is 6.92 Å². The second-order valence-corrected chi connectivity index (χ2v) is 9.82. The summed E-state index contributed by atoms with van der Waals surface area (Å²) in [7, 11) is -3.88. The van der Waals surface area contributed by atoms with Crippen molar-refractivity contribution in [2.75, 3.05) is 24.0 Å². The second kappa shape index (κ2) is 9.72. The van der Waals surface area contributed by atoms with E-state index >= 15 is 0 Å². The minimum atomic E-state index is -3.88. The average Bonchev–Trinajstić information content (AvgIpc) is 2.82. The third-order valence-corrected chi connectivity index (χ3v) is 7.14. The normalized spacial score (nSPS) is 15.3. The van der Waals surface area contributed by atoms with Crippen LogP contribution in [0.3, 0.4) is 0 Å². The molecule has 3 aromatic carbocycles. The van der Waals surface area contributed by atoms with E-state index in [4.69, 9.17) is 21.1 Å². The largest absolute Gasteiger partial charge is 0.492 e. The molecule has 1 aliphatic heterocycles. The summed E-state index contributed by atoms with van der Waals surface area (Å²) in [6.45, 7) is 2.20. The van der Waals surface area contributed by atoms with Crippen molar-refractivity contribution < 1.29 is 22.7 Å². The molecule has 4 rings (SSSR count). The molecule has 0 fully saturated rings. The predicted molar refractivity (Wildman–Crippen MR) is 127 cm³/mol. The molecule has 172 valence electrons. The van der Waals surface area contributed by atoms with Gasteiger partial charge in [-0.25, -0.2) is 8.42 Å². The van der Waals surface area contributed by atoms with Gasteiger partial charge in [0.1, 0.15) is 18.1 Å². The van der Waals surface area contributed by atoms with E-state index in [0.717, 1.165) is 5.56 Å². The van der Waals surface area contributed by atoms with E-state index < -0.39 is 22.0 Å². The maximum atomic E-state index is 13.4. The number of amides is 1. The third kappa shape index (κ3) is 5.23. The van der Waals surface area contributed by atoms with Gasteiger partial charge in [0.2, 0.25) is 0 Å². The molecule has 0 radical (unpaired) electrons. The topological polar surface area (TPSA) is 84.9 Å². The Kier molecular flexibility index (Phi) is 6.76. The standard InChI is InChI=1S/C24H23ClN2O5S/c1-17-7-12-21-22(15-17)32-23(16-27(21)33(29,30)20-5-3-2-4-6-20)24(28)26-13-14-31-19-10-8-18(25)9-11-19/h2-12,15,23H,13-14,16H2,1H3,(H,26,28). The van der Waals surface area contributed by atoms with Gasteiger partial charge in [-0.05, 0) is 61.0 Å². The number of nitrogens with one attached hydrogen (secondary N) is 1. The Morgan fingerprint density at radius 1 is 1.12 bits per heavy atom. The lowest BCUT2D eigenvalue weighted by Crippen LogP contribution is -2.51. The van der Waals surface area contributed by atoms with Gasteiger partial charge in [0.25, 0.3) is 15.9 Å². The number of nitrogens with zero attached hydrogens (tertiary/aromatic N) is 1. The Morgan fingerprint density at radius 3 is 2.58 bits per heavy atom. The highest BCUT2D eigenvalue weighted by atomic mass is 35.5. The number of carbonyl (C=O) groups excluding carboxylic acids is 1. The molecule has 0 saturated heterocycles. The Labute approximate surface area is 197 Å². The van der Waals surface area contributed by atoms with Crippen LogP contribution in [0.1, 0.15) is 5.56 Å². The summed E-state index contributed by atoms with van der Waals surface area (Å²) in [5, 5.41) is 3.36. The van der Waals surface area contributed by atoms with E-state index in [2.05, 4.69) is 5.32 Å². The fourth-order valence-electron chi connectivity index (χ4n) is 3.43. The van der Waals surface area contributed by atoms with Crippen molar-refractivity contribution in [3.05, 3.63) is 83.4 Å². The zero-order valence-corrected chi connectivity index (χ0v) is 19.5. The minimum absolute atomic E-state index is 0.142. The van der Waals surface area contributed by atoms with Crippen molar-refractivity contribution in [2.24, 2.45) is 0 Å². The third-order valence-electron chi connectivity index (χ3n) is 5.09. The summed E-state index contributed by atoms with van der Waals surface area (Å²) in [6, 6.07) is 20.3. The van der Waals surface area contributed by atoms with Gasteiger partial charge in [0, 0.05) is 5.02 Å². The predicted octanol–water partition coefficient (Wildman–Crippen LogP) is 3.80. The van der Waals surface area contributed by atoms with Gasteiger partial charge in [-0.3, -0.25) is 9.10 Å². The first-order valence-electron chi connectivity index (χ1n) is 10.4. The fraction of sp³-hybridized carbons (Fsp3) is 0.208. The highest BCUT2D eigenvalue weighted by Gasteiger charge is 2.37. The molecular formula is C24H23ClN2O5S. The molecule has 1 aliphatic rings. The molecule has 3 aromatic rings. The van der Waals surface area contributed by atoms with Crippen LogP contribution in [-0.2, 0) is 14.8 Å². The first-order chi connectivity index (χ1) is 15.8. The quantitative estimate of drug-likeness (QED) is 0.513. The van der Waals surface area contributed by atoms with Crippen LogP contribution in [0.4, 0.5) is 5.69 Å². The SMILES string of the molecule is Cc1ccc2c(c1)OC(C(=O)NCCOc1ccc(Cl)cc1)CN2S(=O)(=O)c1ccccc1. The van der Waals surface area contributed by atoms with Crippen LogP contribution in [0.25, 0.3) is 0 Å². The summed E-state index contributed by atoms with van der Waals surface area (Å²) in [5.74, 6) is 0.556. The van der Waals surface area contributed by atoms with Crippen molar-refractivity contribution in [3.63, 3.8) is 0 Å². The minimum Gasteiger partial charge on any atom is -0.492 e. The molecule has 0 aromatic heterocycles. The van der Waals surface area contributed by atoms with Gasteiger partial charge in [0.05, 0.1) is 23.7 Å². The fourth-order valence-corrected chi connectivity index (χ4v) is 5.06. The molecule has 0 bridgehead atoms. The van der Waals surface area contributed by atoms with Crippen LogP contribution in [0.15, 0.2) is 77.7 Å². The Balaban J connectivity index is 1.47. The Bertz CT molecular complexity index is 1230. The van der Waals surface area contributed by atoms with Crippen LogP contribution < -0.4 is 19.1 Å². The Hall–Kier alpha value is -3.23. The van der Waals surface area contributed by atoms with Crippen LogP contribution in [0.5, 0.6) is 11.5 Å². The number of halogens is 1. The molecule has 1 amide bonds. The lowest BCUT2D eigenvalue weighted by molar-refractivity contribution is -0.127. The summed E-state index contributed by atoms with van der Waals surface area (Å²) in [6.07, 6.45) is -1.01. The number of ether oxygens (including phenoxy) is 2. The average molecular weight is 487 g/mol. The van der Waals surface area contributed by atoms with Crippen molar-refractivity contribution in [1.29, 1.82) is 0 Å². The number of benzene rings is 3. The first-order valence-corrected chi connectivity index (χ1v) is 12.2. The molecule has 0 spiro atoms. The van der Waals surface area contributed by atoms with Crippen LogP contribution in [0.2, 0.25) is 5.02 Å². The van der Waals surface area contributed by atoms with E-state index in [-0.39, 0.29) is 24.6 Å². The van der Waals surface area contributed by atoms with E-state index in [9.17, 15) is 13.2 Å². The van der Waals surface area contributed by atoms with Crippen molar-refractivity contribution in [1.82, 2.24) is 5.32 Å². The molecule has 7 nitrogen and oxygen atoms in total. The number of aryl methyl sites for hydroxylation is 1. The Morgan fingerprint density at radius 2 is 1.85 bits per heavy atom. The molecule has 33 heavy (non-hydrogen) atoms. The lowest BCUT2D eigenvalue weighted by Gasteiger charge is -2.35. The molecule has 1 unspecified atom stereocenters. The summed E-state index contributed by atoms with van der Waals surface area (Å²) in [4.78, 5) is 13.0. The molecule has 0 saturated carbocycles. The maximum Gasteiger partial charge on any atom is 0.264 e. The van der Waals surface area contributed by atoms with E-state index in [1.165, 1.54) is 16.4 Å². The van der Waals surface area contributed by atoms with Crippen molar-refractivity contribution in [2.45, 2.75) is 17.9 Å². The molecular weight excluding hydrogens is 464 g/mol. The zero-order valence-electron chi connectivity index (χ0n) is 17.9. The van der Waals surface area contributed by atoms with E-state index in [1.807, 2.05) is 13.0 Å². The molecule has 1 heterocycles. The van der Waals surface area contributed by atoms with Crippen molar-refractivity contribution in [3.8, 4) is 11.5 Å². The summed E-state index contributed by atoms with van der Waals surface area (Å²) >= 11 is 5.86. The number of sulfonamides is 1. The number of carbonyl (C=O) groups is 1. The molecule has 1 N–H and O–H groups in total. The summed E-state index contributed by atoms with van der Waals surface area (Å²) < 4.78 is 39.4. The first kappa shape index (κ1) is 22.9. The van der Waals surface area contributed by atoms with Gasteiger partial charge >= 0.3 is 0 Å². The van der Waals surface area contributed by atoms with Crippen LogP contribution in [-0.4, -0.2) is 40.1 Å². The number of fused-ring (bicyclic) bond motifs is 1.